The molecule has 1 saturated carbocycles. The Balaban J connectivity index is 1.93. The molecule has 1 atom stereocenters. The van der Waals surface area contributed by atoms with Gasteiger partial charge in [-0.05, 0) is 45.2 Å². The number of aromatic nitrogens is 2. The quantitative estimate of drug-likeness (QED) is 0.538. The number of fused-ring (bicyclic) bond motifs is 1. The summed E-state index contributed by atoms with van der Waals surface area (Å²) in [4.78, 5) is 42.1. The van der Waals surface area contributed by atoms with Gasteiger partial charge in [0.15, 0.2) is 5.65 Å². The Kier molecular flexibility index (Phi) is 8.27. The number of rotatable bonds is 7. The molecule has 198 valence electrons. The number of hydrogen-bond donors (Lipinski definition) is 2. The van der Waals surface area contributed by atoms with Crippen molar-refractivity contribution in [3.63, 3.8) is 0 Å². The molecule has 1 amide bonds. The average molecular weight is 513 g/mol. The molecule has 0 bridgehead atoms. The predicted octanol–water partition coefficient (Wildman–Crippen LogP) is 4.08. The van der Waals surface area contributed by atoms with Gasteiger partial charge < -0.3 is 20.1 Å². The molecule has 3 rings (SSSR count). The van der Waals surface area contributed by atoms with Crippen molar-refractivity contribution in [3.05, 3.63) is 29.6 Å². The maximum Gasteiger partial charge on any atom is 0.420 e. The topological polar surface area (TPSA) is 112 Å². The van der Waals surface area contributed by atoms with E-state index in [1.165, 1.54) is 25.6 Å². The van der Waals surface area contributed by atoms with Crippen LogP contribution in [0.1, 0.15) is 68.8 Å². The van der Waals surface area contributed by atoms with Gasteiger partial charge in [-0.2, -0.15) is 13.2 Å². The second kappa shape index (κ2) is 10.9. The molecule has 0 spiro atoms. The van der Waals surface area contributed by atoms with E-state index in [0.29, 0.717) is 5.56 Å². The van der Waals surface area contributed by atoms with E-state index in [1.807, 2.05) is 0 Å². The lowest BCUT2D eigenvalue weighted by atomic mass is 10.1. The summed E-state index contributed by atoms with van der Waals surface area (Å²) in [6.07, 6.45) is -0.833. The zero-order valence-electron chi connectivity index (χ0n) is 20.7. The zero-order chi connectivity index (χ0) is 26.7. The van der Waals surface area contributed by atoms with Crippen LogP contribution in [0.4, 0.5) is 18.0 Å². The monoisotopic (exact) mass is 512 g/mol. The summed E-state index contributed by atoms with van der Waals surface area (Å²) in [6.45, 7) is 4.84. The molecule has 2 N–H and O–H groups in total. The molecule has 2 aromatic rings. The molecule has 2 aromatic heterocycles. The van der Waals surface area contributed by atoms with Gasteiger partial charge in [-0.25, -0.2) is 19.1 Å². The molecule has 0 saturated heterocycles. The molecular weight excluding hydrogens is 481 g/mol. The molecule has 1 aliphatic carbocycles. The van der Waals surface area contributed by atoms with E-state index < -0.39 is 42.2 Å². The molecular formula is C24H31F3N4O5. The van der Waals surface area contributed by atoms with Crippen molar-refractivity contribution < 1.29 is 37.0 Å². The first-order valence-electron chi connectivity index (χ1n) is 11.7. The van der Waals surface area contributed by atoms with Crippen molar-refractivity contribution in [1.29, 1.82) is 0 Å². The van der Waals surface area contributed by atoms with Crippen LogP contribution in [0.3, 0.4) is 0 Å². The predicted molar refractivity (Wildman–Crippen MR) is 124 cm³/mol. The standard InChI is InChI=1S/C24H31F3N4O5/c1-23(2,3)36-22(34)31-13-16(21(33)35-4)18-14(9-10-28-19(18)31)12-29-17(11-24(25,26)27)20(32)30-15-7-5-6-8-15/h9-10,13,15,17,29H,5-8,11-12H2,1-4H3,(H,30,32)/t17-/m1/s1. The van der Waals surface area contributed by atoms with Gasteiger partial charge in [0.1, 0.15) is 5.60 Å². The second-order valence-corrected chi connectivity index (χ2v) is 9.80. The Bertz CT molecular complexity index is 1120. The first-order valence-corrected chi connectivity index (χ1v) is 11.7. The van der Waals surface area contributed by atoms with Gasteiger partial charge in [-0.3, -0.25) is 4.79 Å². The molecule has 1 aliphatic rings. The van der Waals surface area contributed by atoms with E-state index in [4.69, 9.17) is 9.47 Å². The van der Waals surface area contributed by atoms with Gasteiger partial charge >= 0.3 is 18.2 Å². The highest BCUT2D eigenvalue weighted by atomic mass is 19.4. The summed E-state index contributed by atoms with van der Waals surface area (Å²) in [7, 11) is 1.17. The average Bonchev–Trinajstić information content (AvgIpc) is 3.42. The molecule has 12 heteroatoms. The highest BCUT2D eigenvalue weighted by Gasteiger charge is 2.36. The number of amides is 1. The lowest BCUT2D eigenvalue weighted by Gasteiger charge is -2.22. The SMILES string of the molecule is COC(=O)c1cn(C(=O)OC(C)(C)C)c2nccc(CN[C@H](CC(F)(F)F)C(=O)NC3CCCC3)c12. The Morgan fingerprint density at radius 1 is 1.19 bits per heavy atom. The number of pyridine rings is 1. The lowest BCUT2D eigenvalue weighted by molar-refractivity contribution is -0.149. The van der Waals surface area contributed by atoms with E-state index >= 15 is 0 Å². The highest BCUT2D eigenvalue weighted by molar-refractivity contribution is 6.06. The third-order valence-corrected chi connectivity index (χ3v) is 5.76. The van der Waals surface area contributed by atoms with Crippen LogP contribution in [-0.2, 0) is 20.8 Å². The normalized spacial score (nSPS) is 15.6. The van der Waals surface area contributed by atoms with Crippen LogP contribution < -0.4 is 10.6 Å². The summed E-state index contributed by atoms with van der Waals surface area (Å²) >= 11 is 0. The number of esters is 1. The molecule has 9 nitrogen and oxygen atoms in total. The molecule has 0 aliphatic heterocycles. The van der Waals surface area contributed by atoms with E-state index in [-0.39, 0.29) is 29.2 Å². The first-order chi connectivity index (χ1) is 16.8. The molecule has 0 unspecified atom stereocenters. The van der Waals surface area contributed by atoms with Crippen molar-refractivity contribution in [2.75, 3.05) is 7.11 Å². The van der Waals surface area contributed by atoms with Crippen LogP contribution >= 0.6 is 0 Å². The van der Waals surface area contributed by atoms with Gasteiger partial charge in [-0.15, -0.1) is 0 Å². The van der Waals surface area contributed by atoms with Crippen LogP contribution in [0.2, 0.25) is 0 Å². The molecule has 0 aromatic carbocycles. The number of methoxy groups -OCH3 is 1. The Hall–Kier alpha value is -3.15. The van der Waals surface area contributed by atoms with Crippen molar-refractivity contribution in [2.24, 2.45) is 0 Å². The number of hydrogen-bond acceptors (Lipinski definition) is 7. The smallest absolute Gasteiger partial charge is 0.420 e. The van der Waals surface area contributed by atoms with Crippen molar-refractivity contribution in [1.82, 2.24) is 20.2 Å². The maximum atomic E-state index is 13.3. The largest absolute Gasteiger partial charge is 0.465 e. The minimum Gasteiger partial charge on any atom is -0.465 e. The number of halogens is 3. The summed E-state index contributed by atoms with van der Waals surface area (Å²) in [5.41, 5.74) is -0.392. The lowest BCUT2D eigenvalue weighted by Crippen LogP contribution is -2.48. The first kappa shape index (κ1) is 27.4. The Morgan fingerprint density at radius 3 is 2.44 bits per heavy atom. The fourth-order valence-electron chi connectivity index (χ4n) is 4.18. The summed E-state index contributed by atoms with van der Waals surface area (Å²) in [6, 6.07) is -0.180. The molecule has 0 radical (unpaired) electrons. The van der Waals surface area contributed by atoms with E-state index in [2.05, 4.69) is 15.6 Å². The van der Waals surface area contributed by atoms with Crippen molar-refractivity contribution in [3.8, 4) is 0 Å². The Labute approximate surface area is 206 Å². The third-order valence-electron chi connectivity index (χ3n) is 5.76. The maximum absolute atomic E-state index is 13.3. The number of nitrogens with zero attached hydrogens (tertiary/aromatic N) is 2. The van der Waals surface area contributed by atoms with Gasteiger partial charge in [-0.1, -0.05) is 12.8 Å². The van der Waals surface area contributed by atoms with Crippen molar-refractivity contribution in [2.45, 2.75) is 83.3 Å². The number of alkyl halides is 3. The van der Waals surface area contributed by atoms with E-state index in [1.54, 1.807) is 20.8 Å². The van der Waals surface area contributed by atoms with Crippen molar-refractivity contribution >= 4 is 29.0 Å². The Morgan fingerprint density at radius 2 is 1.86 bits per heavy atom. The van der Waals surface area contributed by atoms with Crippen LogP contribution in [0.5, 0.6) is 0 Å². The summed E-state index contributed by atoms with van der Waals surface area (Å²) < 4.78 is 51.0. The van der Waals surface area contributed by atoms with Crippen LogP contribution in [-0.4, -0.2) is 58.5 Å². The van der Waals surface area contributed by atoms with Gasteiger partial charge in [0.25, 0.3) is 0 Å². The number of ether oxygens (including phenoxy) is 2. The van der Waals surface area contributed by atoms with Gasteiger partial charge in [0.05, 0.1) is 25.1 Å². The summed E-state index contributed by atoms with van der Waals surface area (Å²) in [5, 5.41) is 5.60. The molecule has 1 fully saturated rings. The fourth-order valence-corrected chi connectivity index (χ4v) is 4.18. The molecule has 36 heavy (non-hydrogen) atoms. The zero-order valence-corrected chi connectivity index (χ0v) is 20.7. The second-order valence-electron chi connectivity index (χ2n) is 9.80. The summed E-state index contributed by atoms with van der Waals surface area (Å²) in [5.74, 6) is -1.49. The van der Waals surface area contributed by atoms with Crippen LogP contribution in [0.15, 0.2) is 18.5 Å². The van der Waals surface area contributed by atoms with Gasteiger partial charge in [0, 0.05) is 30.4 Å². The fraction of sp³-hybridized carbons (Fsp3) is 0.583. The van der Waals surface area contributed by atoms with E-state index in [0.717, 1.165) is 30.3 Å². The van der Waals surface area contributed by atoms with E-state index in [9.17, 15) is 27.6 Å². The third kappa shape index (κ3) is 6.96. The minimum absolute atomic E-state index is 0.00830. The number of carbonyl (C=O) groups excluding carboxylic acids is 3. The highest BCUT2D eigenvalue weighted by Crippen LogP contribution is 2.27. The van der Waals surface area contributed by atoms with Crippen LogP contribution in [0, 0.1) is 0 Å². The minimum atomic E-state index is -4.57. The molecule has 2 heterocycles. The number of carbonyl (C=O) groups is 3. The van der Waals surface area contributed by atoms with Crippen LogP contribution in [0.25, 0.3) is 11.0 Å². The number of nitrogens with one attached hydrogen (secondary N) is 2. The van der Waals surface area contributed by atoms with Gasteiger partial charge in [0.2, 0.25) is 5.91 Å².